The lowest BCUT2D eigenvalue weighted by Crippen LogP contribution is -2.39. The predicted molar refractivity (Wildman–Crippen MR) is 140 cm³/mol. The van der Waals surface area contributed by atoms with Crippen molar-refractivity contribution in [1.82, 2.24) is 14.9 Å². The number of aromatic nitrogens is 2. The lowest BCUT2D eigenvalue weighted by molar-refractivity contribution is -0.137. The van der Waals surface area contributed by atoms with E-state index in [1.54, 1.807) is 40.2 Å². The first-order chi connectivity index (χ1) is 17.5. The number of rotatable bonds is 8. The van der Waals surface area contributed by atoms with Gasteiger partial charge in [0.2, 0.25) is 0 Å². The highest BCUT2D eigenvalue weighted by Gasteiger charge is 2.34. The number of methoxy groups -OCH3 is 2. The number of benzene rings is 2. The van der Waals surface area contributed by atoms with Gasteiger partial charge in [-0.15, -0.1) is 0 Å². The van der Waals surface area contributed by atoms with Crippen LogP contribution in [0.1, 0.15) is 29.9 Å². The third-order valence-electron chi connectivity index (χ3n) is 6.78. The number of nitrogens with zero attached hydrogens (tertiary/aromatic N) is 3. The minimum atomic E-state index is -4.43. The normalized spacial score (nSPS) is 17.1. The molecule has 1 aliphatic rings. The largest absolute Gasteiger partial charge is 0.496 e. The number of hydrogen-bond donors (Lipinski definition) is 1. The Bertz CT molecular complexity index is 1310. The van der Waals surface area contributed by atoms with E-state index in [4.69, 9.17) is 9.47 Å². The van der Waals surface area contributed by atoms with Gasteiger partial charge < -0.3 is 24.3 Å². The molecular weight excluding hydrogens is 504 g/mol. The van der Waals surface area contributed by atoms with Crippen molar-refractivity contribution >= 4 is 29.2 Å². The Kier molecular flexibility index (Phi) is 8.11. The van der Waals surface area contributed by atoms with Crippen molar-refractivity contribution in [3.05, 3.63) is 53.3 Å². The van der Waals surface area contributed by atoms with E-state index in [0.29, 0.717) is 71.2 Å². The number of aryl methyl sites for hydroxylation is 1. The van der Waals surface area contributed by atoms with Crippen LogP contribution in [-0.4, -0.2) is 67.7 Å². The quantitative estimate of drug-likeness (QED) is 0.402. The fourth-order valence-corrected chi connectivity index (χ4v) is 7.48. The van der Waals surface area contributed by atoms with Crippen LogP contribution in [0.2, 0.25) is 0 Å². The molecule has 1 saturated heterocycles. The summed E-state index contributed by atoms with van der Waals surface area (Å²) in [6.45, 7) is 6.34. The van der Waals surface area contributed by atoms with Gasteiger partial charge in [0, 0.05) is 56.6 Å². The molecule has 37 heavy (non-hydrogen) atoms. The van der Waals surface area contributed by atoms with Crippen LogP contribution in [0.4, 0.5) is 19.0 Å². The highest BCUT2D eigenvalue weighted by atomic mass is 31.2. The molecular formula is C26H32F3N4O3P. The Morgan fingerprint density at radius 1 is 1.14 bits per heavy atom. The van der Waals surface area contributed by atoms with Crippen LogP contribution >= 0.6 is 7.14 Å². The summed E-state index contributed by atoms with van der Waals surface area (Å²) in [5, 5.41) is 4.56. The Morgan fingerprint density at radius 3 is 2.51 bits per heavy atom. The summed E-state index contributed by atoms with van der Waals surface area (Å²) in [5.41, 5.74) is 0.380. The lowest BCUT2D eigenvalue weighted by Gasteiger charge is -2.33. The fraction of sp³-hybridized carbons (Fsp3) is 0.462. The first-order valence-electron chi connectivity index (χ1n) is 12.1. The van der Waals surface area contributed by atoms with Gasteiger partial charge in [-0.05, 0) is 37.6 Å². The van der Waals surface area contributed by atoms with E-state index in [1.807, 2.05) is 6.07 Å². The first kappa shape index (κ1) is 27.4. The number of hydrogen-bond acceptors (Lipinski definition) is 7. The van der Waals surface area contributed by atoms with E-state index in [-0.39, 0.29) is 0 Å². The molecule has 0 unspecified atom stereocenters. The van der Waals surface area contributed by atoms with E-state index in [2.05, 4.69) is 20.2 Å². The summed E-state index contributed by atoms with van der Waals surface area (Å²) in [7, 11) is 0.456. The molecule has 0 amide bonds. The monoisotopic (exact) mass is 536 g/mol. The molecule has 0 saturated carbocycles. The number of fused-ring (bicyclic) bond motifs is 1. The molecule has 200 valence electrons. The highest BCUT2D eigenvalue weighted by Crippen LogP contribution is 2.49. The molecule has 1 atom stereocenters. The van der Waals surface area contributed by atoms with Crippen LogP contribution < -0.4 is 15.4 Å². The molecule has 3 aromatic rings. The zero-order valence-corrected chi connectivity index (χ0v) is 22.3. The van der Waals surface area contributed by atoms with Gasteiger partial charge in [0.25, 0.3) is 0 Å². The van der Waals surface area contributed by atoms with E-state index in [1.165, 1.54) is 6.07 Å². The summed E-state index contributed by atoms with van der Waals surface area (Å²) >= 11 is 0. The maximum atomic E-state index is 14.1. The van der Waals surface area contributed by atoms with Crippen molar-refractivity contribution < 1.29 is 27.2 Å². The molecule has 1 aromatic heterocycles. The van der Waals surface area contributed by atoms with Crippen molar-refractivity contribution in [1.29, 1.82) is 0 Å². The molecule has 2 aromatic carbocycles. The van der Waals surface area contributed by atoms with Crippen LogP contribution in [0.25, 0.3) is 10.9 Å². The number of nitrogens with one attached hydrogen (secondary N) is 1. The predicted octanol–water partition coefficient (Wildman–Crippen LogP) is 5.09. The van der Waals surface area contributed by atoms with E-state index >= 15 is 0 Å². The van der Waals surface area contributed by atoms with Gasteiger partial charge >= 0.3 is 6.18 Å². The molecule has 0 spiro atoms. The van der Waals surface area contributed by atoms with Gasteiger partial charge in [0.05, 0.1) is 30.1 Å². The van der Waals surface area contributed by atoms with Crippen molar-refractivity contribution in [2.75, 3.05) is 58.1 Å². The van der Waals surface area contributed by atoms with Gasteiger partial charge in [-0.25, -0.2) is 9.97 Å². The molecule has 0 aliphatic carbocycles. The van der Waals surface area contributed by atoms with Crippen molar-refractivity contribution in [3.63, 3.8) is 0 Å². The van der Waals surface area contributed by atoms with Gasteiger partial charge in [0.15, 0.2) is 0 Å². The topological polar surface area (TPSA) is 76.6 Å². The molecule has 4 rings (SSSR count). The third-order valence-corrected chi connectivity index (χ3v) is 9.85. The van der Waals surface area contributed by atoms with E-state index in [9.17, 15) is 17.7 Å². The molecule has 1 aliphatic heterocycles. The van der Waals surface area contributed by atoms with Crippen LogP contribution in [0.3, 0.4) is 0 Å². The first-order valence-corrected chi connectivity index (χ1v) is 14.2. The van der Waals surface area contributed by atoms with Gasteiger partial charge in [-0.1, -0.05) is 12.1 Å². The second kappa shape index (κ2) is 11.0. The maximum absolute atomic E-state index is 14.1. The fourth-order valence-electron chi connectivity index (χ4n) is 4.64. The number of halogens is 3. The molecule has 7 nitrogen and oxygen atoms in total. The van der Waals surface area contributed by atoms with Gasteiger partial charge in [-0.3, -0.25) is 0 Å². The minimum Gasteiger partial charge on any atom is -0.496 e. The number of alkyl halides is 3. The zero-order valence-electron chi connectivity index (χ0n) is 21.4. The maximum Gasteiger partial charge on any atom is 0.416 e. The molecule has 1 fully saturated rings. The molecule has 11 heteroatoms. The molecule has 1 N–H and O–H groups in total. The number of anilines is 1. The van der Waals surface area contributed by atoms with E-state index < -0.39 is 24.9 Å². The van der Waals surface area contributed by atoms with Crippen LogP contribution in [-0.2, 0) is 15.5 Å². The van der Waals surface area contributed by atoms with E-state index in [0.717, 1.165) is 18.7 Å². The Labute approximate surface area is 214 Å². The summed E-state index contributed by atoms with van der Waals surface area (Å²) in [6, 6.07) is 8.37. The summed E-state index contributed by atoms with van der Waals surface area (Å²) in [6.07, 6.45) is -3.38. The van der Waals surface area contributed by atoms with Crippen molar-refractivity contribution in [2.24, 2.45) is 0 Å². The number of ether oxygens (including phenoxy) is 2. The molecule has 0 bridgehead atoms. The Balaban J connectivity index is 1.69. The summed E-state index contributed by atoms with van der Waals surface area (Å²) < 4.78 is 64.7. The van der Waals surface area contributed by atoms with Crippen LogP contribution in [0.5, 0.6) is 5.75 Å². The molecule has 2 heterocycles. The van der Waals surface area contributed by atoms with Crippen LogP contribution in [0.15, 0.2) is 36.4 Å². The van der Waals surface area contributed by atoms with Crippen molar-refractivity contribution in [3.8, 4) is 5.75 Å². The van der Waals surface area contributed by atoms with Gasteiger partial charge in [0.1, 0.15) is 24.5 Å². The molecule has 0 radical (unpaired) electrons. The average molecular weight is 537 g/mol. The highest BCUT2D eigenvalue weighted by molar-refractivity contribution is 7.72. The second-order valence-electron chi connectivity index (χ2n) is 9.32. The zero-order chi connectivity index (χ0) is 26.8. The van der Waals surface area contributed by atoms with Crippen LogP contribution in [0, 0.1) is 6.92 Å². The van der Waals surface area contributed by atoms with Crippen molar-refractivity contribution in [2.45, 2.75) is 26.1 Å². The summed E-state index contributed by atoms with van der Waals surface area (Å²) in [5.74, 6) is 1.50. The smallest absolute Gasteiger partial charge is 0.416 e. The Morgan fingerprint density at radius 2 is 1.86 bits per heavy atom. The second-order valence-corrected chi connectivity index (χ2v) is 12.5. The lowest BCUT2D eigenvalue weighted by atomic mass is 10.0. The average Bonchev–Trinajstić information content (AvgIpc) is 2.87. The standard InChI is InChI=1S/C26H32F3N4O3P/c1-17(19-6-5-7-20(14-19)26(27,28)29)30-25-21-15-24(23(36-4)16-22(21)31-18(2)32-25)37(34)12-9-33(10-13-37)8-11-35-3/h5-7,14-17H,8-13H2,1-4H3,(H,30,31,32)/t17-/m1/s1. The summed E-state index contributed by atoms with van der Waals surface area (Å²) in [4.78, 5) is 11.3. The SMILES string of the molecule is COCCN1CCP(=O)(c2cc3c(N[C@H](C)c4cccc(C(F)(F)F)c4)nc(C)nc3cc2OC)CC1. The van der Waals surface area contributed by atoms with Gasteiger partial charge in [-0.2, -0.15) is 13.2 Å². The Hall–Kier alpha value is -2.68. The minimum absolute atomic E-state index is 0.467. The third kappa shape index (κ3) is 6.08.